The maximum absolute atomic E-state index is 13.5. The highest BCUT2D eigenvalue weighted by Gasteiger charge is 2.38. The summed E-state index contributed by atoms with van der Waals surface area (Å²) in [4.78, 5) is 61.9. The topological polar surface area (TPSA) is 115 Å². The number of nitrogens with zero attached hydrogens (tertiary/aromatic N) is 5. The number of hydrogen-bond donors (Lipinski definition) is 1. The van der Waals surface area contributed by atoms with E-state index >= 15 is 0 Å². The molecular weight excluding hydrogens is 697 g/mol. The molecule has 0 bridgehead atoms. The molecule has 0 spiro atoms. The molecule has 3 aromatic rings. The lowest BCUT2D eigenvalue weighted by atomic mass is 9.90. The molecule has 1 atom stereocenters. The van der Waals surface area contributed by atoms with Crippen LogP contribution in [0, 0.1) is 5.92 Å². The van der Waals surface area contributed by atoms with Crippen LogP contribution in [0.2, 0.25) is 0 Å². The fourth-order valence-corrected chi connectivity index (χ4v) is 8.96. The molecule has 0 aromatic heterocycles. The zero-order valence-corrected chi connectivity index (χ0v) is 32.0. The first-order valence-electron chi connectivity index (χ1n) is 20.0. The molecular formula is C43H52N6O6. The van der Waals surface area contributed by atoms with Gasteiger partial charge in [-0.15, -0.1) is 0 Å². The first-order chi connectivity index (χ1) is 26.8. The van der Waals surface area contributed by atoms with Crippen LogP contribution >= 0.6 is 0 Å². The Balaban J connectivity index is 0.754. The molecule has 1 unspecified atom stereocenters. The van der Waals surface area contributed by atoms with Crippen LogP contribution in [-0.2, 0) is 16.1 Å². The summed E-state index contributed by atoms with van der Waals surface area (Å²) in [6.45, 7) is 11.9. The number of carbonyl (C=O) groups excluding carboxylic acids is 4. The number of hydrogen-bond acceptors (Lipinski definition) is 10. The van der Waals surface area contributed by atoms with E-state index in [9.17, 15) is 19.2 Å². The zero-order valence-electron chi connectivity index (χ0n) is 32.0. The molecule has 55 heavy (non-hydrogen) atoms. The van der Waals surface area contributed by atoms with E-state index in [4.69, 9.17) is 9.47 Å². The number of carbonyl (C=O) groups is 4. The summed E-state index contributed by atoms with van der Waals surface area (Å²) in [5.74, 6) is 0.851. The maximum atomic E-state index is 13.5. The number of benzene rings is 3. The molecule has 8 rings (SSSR count). The summed E-state index contributed by atoms with van der Waals surface area (Å²) in [7, 11) is 1.59. The van der Waals surface area contributed by atoms with Gasteiger partial charge < -0.3 is 24.2 Å². The quantitative estimate of drug-likeness (QED) is 0.265. The van der Waals surface area contributed by atoms with Crippen molar-refractivity contribution in [3.05, 3.63) is 82.9 Å². The number of piperidine rings is 2. The number of anilines is 2. The minimum Gasteiger partial charge on any atom is -0.493 e. The van der Waals surface area contributed by atoms with Gasteiger partial charge in [-0.3, -0.25) is 34.3 Å². The molecule has 1 N–H and O–H groups in total. The van der Waals surface area contributed by atoms with E-state index in [2.05, 4.69) is 49.2 Å². The molecule has 4 amide bonds. The number of likely N-dealkylation sites (tertiary alicyclic amines) is 1. The van der Waals surface area contributed by atoms with Gasteiger partial charge in [0.1, 0.15) is 0 Å². The van der Waals surface area contributed by atoms with E-state index in [1.165, 1.54) is 29.8 Å². The van der Waals surface area contributed by atoms with Crippen LogP contribution in [0.3, 0.4) is 0 Å². The Bertz CT molecular complexity index is 1910. The van der Waals surface area contributed by atoms with Crippen molar-refractivity contribution in [3.8, 4) is 11.5 Å². The lowest BCUT2D eigenvalue weighted by Gasteiger charge is -2.49. The Morgan fingerprint density at radius 1 is 0.745 bits per heavy atom. The summed E-state index contributed by atoms with van der Waals surface area (Å²) in [5.41, 5.74) is 4.94. The molecule has 0 radical (unpaired) electrons. The van der Waals surface area contributed by atoms with Crippen molar-refractivity contribution in [2.45, 2.75) is 57.5 Å². The summed E-state index contributed by atoms with van der Waals surface area (Å²) >= 11 is 0. The fourth-order valence-electron chi connectivity index (χ4n) is 8.96. The Morgan fingerprint density at radius 3 is 2.16 bits per heavy atom. The van der Waals surface area contributed by atoms with Gasteiger partial charge in [0.05, 0.1) is 37.3 Å². The number of imide groups is 2. The highest BCUT2D eigenvalue weighted by Crippen LogP contribution is 2.34. The van der Waals surface area contributed by atoms with E-state index < -0.39 is 0 Å². The smallest absolute Gasteiger partial charge is 0.261 e. The predicted molar refractivity (Wildman–Crippen MR) is 210 cm³/mol. The molecule has 0 saturated carbocycles. The van der Waals surface area contributed by atoms with Gasteiger partial charge in [0, 0.05) is 76.2 Å². The zero-order chi connectivity index (χ0) is 38.1. The minimum absolute atomic E-state index is 0.175. The van der Waals surface area contributed by atoms with Crippen LogP contribution in [-0.4, -0.2) is 117 Å². The molecule has 0 aliphatic carbocycles. The third kappa shape index (κ3) is 7.80. The highest BCUT2D eigenvalue weighted by molar-refractivity contribution is 6.21. The van der Waals surface area contributed by atoms with Gasteiger partial charge in [-0.25, -0.2) is 0 Å². The van der Waals surface area contributed by atoms with Gasteiger partial charge in [0.15, 0.2) is 11.5 Å². The van der Waals surface area contributed by atoms with E-state index in [1.807, 2.05) is 37.3 Å². The first-order valence-corrected chi connectivity index (χ1v) is 20.0. The Morgan fingerprint density at radius 2 is 1.45 bits per heavy atom. The number of piperazine rings is 1. The third-order valence-electron chi connectivity index (χ3n) is 12.3. The lowest BCUT2D eigenvalue weighted by molar-refractivity contribution is -0.134. The summed E-state index contributed by atoms with van der Waals surface area (Å²) in [5, 5.41) is 2.47. The molecule has 5 aliphatic rings. The van der Waals surface area contributed by atoms with Gasteiger partial charge in [0.25, 0.3) is 11.8 Å². The fraction of sp³-hybridized carbons (Fsp3) is 0.488. The molecule has 290 valence electrons. The van der Waals surface area contributed by atoms with Crippen LogP contribution in [0.25, 0.3) is 0 Å². The predicted octanol–water partition coefficient (Wildman–Crippen LogP) is 4.52. The van der Waals surface area contributed by atoms with Crippen molar-refractivity contribution >= 4 is 35.0 Å². The van der Waals surface area contributed by atoms with E-state index in [1.54, 1.807) is 13.2 Å². The van der Waals surface area contributed by atoms with Gasteiger partial charge in [-0.05, 0) is 98.7 Å². The first kappa shape index (κ1) is 37.0. The molecule has 4 fully saturated rings. The average molecular weight is 749 g/mol. The molecule has 5 heterocycles. The number of methoxy groups -OCH3 is 1. The third-order valence-corrected chi connectivity index (χ3v) is 12.3. The second kappa shape index (κ2) is 16.0. The average Bonchev–Trinajstić information content (AvgIpc) is 3.42. The number of nitrogens with one attached hydrogen (secondary N) is 1. The van der Waals surface area contributed by atoms with Gasteiger partial charge >= 0.3 is 0 Å². The summed E-state index contributed by atoms with van der Waals surface area (Å²) < 4.78 is 11.1. The van der Waals surface area contributed by atoms with Crippen molar-refractivity contribution in [1.29, 1.82) is 0 Å². The molecule has 12 nitrogen and oxygen atoms in total. The van der Waals surface area contributed by atoms with Crippen molar-refractivity contribution in [2.75, 3.05) is 82.4 Å². The minimum atomic E-state index is -0.263. The number of amides is 4. The van der Waals surface area contributed by atoms with E-state index in [-0.39, 0.29) is 36.1 Å². The largest absolute Gasteiger partial charge is 0.493 e. The summed E-state index contributed by atoms with van der Waals surface area (Å²) in [6, 6.07) is 20.2. The second-order valence-corrected chi connectivity index (χ2v) is 15.6. The van der Waals surface area contributed by atoms with E-state index in [0.29, 0.717) is 48.1 Å². The highest BCUT2D eigenvalue weighted by atomic mass is 16.5. The number of ether oxygens (including phenoxy) is 2. The molecule has 5 aliphatic heterocycles. The van der Waals surface area contributed by atoms with Crippen molar-refractivity contribution in [3.63, 3.8) is 0 Å². The standard InChI is InChI=1S/C43H52N6O6/c1-3-55-39-24-30(4-12-38(39)54-2)26-49-42(52)36-10-9-33(25-37(36)43(49)53)47-20-22-48(23-21-47)34-27-45(28-34)17-14-29-15-18-46(19-16-29)32-7-5-31(6-8-32)35-11-13-40(50)44-41(35)51/h4-10,12,24-25,29,34-35H,3,11,13-23,26-28H2,1-2H3,(H,44,50,51). The Hall–Kier alpha value is -4.94. The van der Waals surface area contributed by atoms with Crippen LogP contribution in [0.4, 0.5) is 11.4 Å². The molecule has 12 heteroatoms. The SMILES string of the molecule is CCOc1cc(CN2C(=O)c3ccc(N4CCN(C5CN(CCC6CCN(c7ccc(C8CCC(=O)NC8=O)cc7)CC6)C5)CC4)cc3C2=O)ccc1OC. The van der Waals surface area contributed by atoms with E-state index in [0.717, 1.165) is 81.6 Å². The Kier molecular flexibility index (Phi) is 10.8. The Labute approximate surface area is 323 Å². The maximum Gasteiger partial charge on any atom is 0.261 e. The number of rotatable bonds is 12. The van der Waals surface area contributed by atoms with Crippen LogP contribution in [0.15, 0.2) is 60.7 Å². The lowest BCUT2D eigenvalue weighted by Crippen LogP contribution is -2.63. The van der Waals surface area contributed by atoms with Crippen molar-refractivity contribution in [1.82, 2.24) is 20.0 Å². The van der Waals surface area contributed by atoms with Crippen molar-refractivity contribution in [2.24, 2.45) is 5.92 Å². The monoisotopic (exact) mass is 748 g/mol. The second-order valence-electron chi connectivity index (χ2n) is 15.6. The van der Waals surface area contributed by atoms with Gasteiger partial charge in [0.2, 0.25) is 11.8 Å². The molecule has 4 saturated heterocycles. The number of fused-ring (bicyclic) bond motifs is 1. The van der Waals surface area contributed by atoms with Gasteiger partial charge in [-0.2, -0.15) is 0 Å². The molecule has 3 aromatic carbocycles. The van der Waals surface area contributed by atoms with Crippen molar-refractivity contribution < 1.29 is 28.7 Å². The van der Waals surface area contributed by atoms with Crippen LogP contribution in [0.5, 0.6) is 11.5 Å². The van der Waals surface area contributed by atoms with Crippen LogP contribution in [0.1, 0.15) is 76.8 Å². The summed E-state index contributed by atoms with van der Waals surface area (Å²) in [6.07, 6.45) is 4.63. The normalized spacial score (nSPS) is 21.5. The van der Waals surface area contributed by atoms with Gasteiger partial charge in [-0.1, -0.05) is 18.2 Å². The van der Waals surface area contributed by atoms with Crippen LogP contribution < -0.4 is 24.6 Å².